The third-order valence-corrected chi connectivity index (χ3v) is 4.63. The van der Waals surface area contributed by atoms with Gasteiger partial charge in [0.25, 0.3) is 0 Å². The van der Waals surface area contributed by atoms with Gasteiger partial charge < -0.3 is 5.32 Å². The minimum Gasteiger partial charge on any atom is -0.369 e. The average molecular weight is 261 g/mol. The van der Waals surface area contributed by atoms with Crippen molar-refractivity contribution in [2.75, 3.05) is 11.9 Å². The summed E-state index contributed by atoms with van der Waals surface area (Å²) < 4.78 is 0. The zero-order valence-electron chi connectivity index (χ0n) is 11.2. The highest BCUT2D eigenvalue weighted by atomic mass is 32.1. The number of nitrogens with one attached hydrogen (secondary N) is 1. The Bertz CT molecular complexity index is 584. The predicted molar refractivity (Wildman–Crippen MR) is 77.6 cm³/mol. The summed E-state index contributed by atoms with van der Waals surface area (Å²) >= 11 is 1.79. The number of aryl methyl sites for hydroxylation is 2. The maximum Gasteiger partial charge on any atom is 0.138 e. The highest BCUT2D eigenvalue weighted by molar-refractivity contribution is 7.18. The summed E-state index contributed by atoms with van der Waals surface area (Å²) in [6.45, 7) is 7.50. The predicted octanol–water partition coefficient (Wildman–Crippen LogP) is 4.01. The first-order valence-electron chi connectivity index (χ1n) is 6.72. The number of hydrogen-bond donors (Lipinski definition) is 1. The lowest BCUT2D eigenvalue weighted by Crippen LogP contribution is -2.05. The summed E-state index contributed by atoms with van der Waals surface area (Å²) in [6, 6.07) is 0. The van der Waals surface area contributed by atoms with E-state index in [0.717, 1.165) is 29.4 Å². The van der Waals surface area contributed by atoms with E-state index in [1.807, 2.05) is 0 Å². The normalized spacial score (nSPS) is 15.3. The maximum atomic E-state index is 4.76. The second-order valence-electron chi connectivity index (χ2n) is 5.09. The van der Waals surface area contributed by atoms with E-state index in [-0.39, 0.29) is 0 Å². The molecule has 0 radical (unpaired) electrons. The van der Waals surface area contributed by atoms with Crippen molar-refractivity contribution >= 4 is 27.4 Å². The number of nitrogens with zero attached hydrogens (tertiary/aromatic N) is 2. The molecule has 3 nitrogen and oxygen atoms in total. The minimum absolute atomic E-state index is 0.610. The van der Waals surface area contributed by atoms with Crippen LogP contribution >= 0.6 is 11.3 Å². The second-order valence-corrected chi connectivity index (χ2v) is 6.30. The van der Waals surface area contributed by atoms with Crippen LogP contribution < -0.4 is 5.32 Å². The Morgan fingerprint density at radius 3 is 2.72 bits per heavy atom. The molecule has 0 amide bonds. The van der Waals surface area contributed by atoms with Crippen LogP contribution in [0.4, 0.5) is 5.82 Å². The highest BCUT2D eigenvalue weighted by Gasteiger charge is 2.28. The lowest BCUT2D eigenvalue weighted by Gasteiger charge is -2.08. The lowest BCUT2D eigenvalue weighted by atomic mass is 10.2. The van der Waals surface area contributed by atoms with Gasteiger partial charge in [-0.05, 0) is 38.7 Å². The van der Waals surface area contributed by atoms with Gasteiger partial charge in [-0.3, -0.25) is 0 Å². The zero-order chi connectivity index (χ0) is 12.7. The molecule has 2 aromatic rings. The highest BCUT2D eigenvalue weighted by Crippen LogP contribution is 2.41. The van der Waals surface area contributed by atoms with Crippen molar-refractivity contribution < 1.29 is 0 Å². The molecule has 0 spiro atoms. The molecular weight excluding hydrogens is 242 g/mol. The summed E-state index contributed by atoms with van der Waals surface area (Å²) in [7, 11) is 0. The molecule has 1 aliphatic carbocycles. The third-order valence-electron chi connectivity index (χ3n) is 3.53. The average Bonchev–Trinajstić information content (AvgIpc) is 3.15. The van der Waals surface area contributed by atoms with Crippen LogP contribution in [0.1, 0.15) is 48.4 Å². The molecule has 1 fully saturated rings. The van der Waals surface area contributed by atoms with E-state index < -0.39 is 0 Å². The van der Waals surface area contributed by atoms with Crippen LogP contribution in [0.2, 0.25) is 0 Å². The molecule has 4 heteroatoms. The molecular formula is C14H19N3S. The molecule has 1 saturated carbocycles. The molecule has 0 aromatic carbocycles. The first kappa shape index (κ1) is 11.9. The van der Waals surface area contributed by atoms with Gasteiger partial charge in [-0.2, -0.15) is 0 Å². The summed E-state index contributed by atoms with van der Waals surface area (Å²) in [5.74, 6) is 2.70. The Hall–Kier alpha value is -1.16. The second kappa shape index (κ2) is 4.50. The van der Waals surface area contributed by atoms with Gasteiger partial charge in [-0.25, -0.2) is 9.97 Å². The van der Waals surface area contributed by atoms with Crippen LogP contribution in [0.15, 0.2) is 0 Å². The molecule has 96 valence electrons. The number of aromatic nitrogens is 2. The molecule has 0 bridgehead atoms. The van der Waals surface area contributed by atoms with E-state index in [4.69, 9.17) is 9.97 Å². The topological polar surface area (TPSA) is 37.8 Å². The largest absolute Gasteiger partial charge is 0.369 e. The van der Waals surface area contributed by atoms with E-state index in [2.05, 4.69) is 26.1 Å². The fourth-order valence-corrected chi connectivity index (χ4v) is 3.20. The monoisotopic (exact) mass is 261 g/mol. The smallest absolute Gasteiger partial charge is 0.138 e. The molecule has 1 aliphatic rings. The van der Waals surface area contributed by atoms with Crippen LogP contribution in [0.25, 0.3) is 10.2 Å². The van der Waals surface area contributed by atoms with E-state index in [0.29, 0.717) is 5.92 Å². The van der Waals surface area contributed by atoms with Crippen LogP contribution in [0, 0.1) is 13.8 Å². The van der Waals surface area contributed by atoms with Crippen molar-refractivity contribution in [1.29, 1.82) is 0 Å². The number of thiophene rings is 1. The van der Waals surface area contributed by atoms with Gasteiger partial charge in [0.1, 0.15) is 16.5 Å². The Labute approximate surface area is 112 Å². The summed E-state index contributed by atoms with van der Waals surface area (Å²) in [5.41, 5.74) is 1.33. The zero-order valence-corrected chi connectivity index (χ0v) is 12.0. The molecule has 2 heterocycles. The fraction of sp³-hybridized carbons (Fsp3) is 0.571. The molecule has 2 aromatic heterocycles. The number of fused-ring (bicyclic) bond motifs is 1. The molecule has 0 aliphatic heterocycles. The van der Waals surface area contributed by atoms with Gasteiger partial charge in [0.2, 0.25) is 0 Å². The van der Waals surface area contributed by atoms with Gasteiger partial charge >= 0.3 is 0 Å². The number of hydrogen-bond acceptors (Lipinski definition) is 4. The van der Waals surface area contributed by atoms with Crippen molar-refractivity contribution in [2.24, 2.45) is 0 Å². The van der Waals surface area contributed by atoms with E-state index >= 15 is 0 Å². The molecule has 0 atom stereocenters. The van der Waals surface area contributed by atoms with Gasteiger partial charge in [-0.15, -0.1) is 11.3 Å². The minimum atomic E-state index is 0.610. The molecule has 3 rings (SSSR count). The van der Waals surface area contributed by atoms with Crippen LogP contribution in [-0.4, -0.2) is 16.5 Å². The Balaban J connectivity index is 2.14. The van der Waals surface area contributed by atoms with Gasteiger partial charge in [0.05, 0.1) is 5.39 Å². The molecule has 0 unspecified atom stereocenters. The summed E-state index contributed by atoms with van der Waals surface area (Å²) in [4.78, 5) is 12.0. The Morgan fingerprint density at radius 1 is 1.28 bits per heavy atom. The number of anilines is 1. The van der Waals surface area contributed by atoms with Crippen molar-refractivity contribution in [3.63, 3.8) is 0 Å². The van der Waals surface area contributed by atoms with Crippen molar-refractivity contribution in [3.8, 4) is 0 Å². The quantitative estimate of drug-likeness (QED) is 0.903. The van der Waals surface area contributed by atoms with Crippen molar-refractivity contribution in [2.45, 2.75) is 46.0 Å². The molecule has 0 saturated heterocycles. The maximum absolute atomic E-state index is 4.76. The first-order chi connectivity index (χ1) is 8.70. The van der Waals surface area contributed by atoms with Crippen LogP contribution in [-0.2, 0) is 0 Å². The molecule has 1 N–H and O–H groups in total. The van der Waals surface area contributed by atoms with Gasteiger partial charge in [0.15, 0.2) is 0 Å². The SMILES string of the molecule is CCCNc1nc(C2CC2)nc2sc(C)c(C)c12. The number of rotatable bonds is 4. The van der Waals surface area contributed by atoms with Crippen molar-refractivity contribution in [1.82, 2.24) is 9.97 Å². The van der Waals surface area contributed by atoms with Crippen LogP contribution in [0.5, 0.6) is 0 Å². The van der Waals surface area contributed by atoms with E-state index in [9.17, 15) is 0 Å². The Kier molecular flexibility index (Phi) is 2.98. The Morgan fingerprint density at radius 2 is 2.06 bits per heavy atom. The van der Waals surface area contributed by atoms with Crippen LogP contribution in [0.3, 0.4) is 0 Å². The standard InChI is InChI=1S/C14H19N3S/c1-4-7-15-13-11-8(2)9(3)18-14(11)17-12(16-13)10-5-6-10/h10H,4-7H2,1-3H3,(H,15,16,17). The van der Waals surface area contributed by atoms with Gasteiger partial charge in [0, 0.05) is 17.3 Å². The summed E-state index contributed by atoms with van der Waals surface area (Å²) in [6.07, 6.45) is 3.62. The fourth-order valence-electron chi connectivity index (χ4n) is 2.16. The lowest BCUT2D eigenvalue weighted by molar-refractivity contribution is 0.927. The first-order valence-corrected chi connectivity index (χ1v) is 7.54. The van der Waals surface area contributed by atoms with Crippen molar-refractivity contribution in [3.05, 3.63) is 16.3 Å². The van der Waals surface area contributed by atoms with E-state index in [1.54, 1.807) is 11.3 Å². The van der Waals surface area contributed by atoms with E-state index in [1.165, 1.54) is 28.7 Å². The third kappa shape index (κ3) is 1.99. The summed E-state index contributed by atoms with van der Waals surface area (Å²) in [5, 5.41) is 4.70. The molecule has 18 heavy (non-hydrogen) atoms. The van der Waals surface area contributed by atoms with Gasteiger partial charge in [-0.1, -0.05) is 6.92 Å².